The summed E-state index contributed by atoms with van der Waals surface area (Å²) in [5, 5.41) is 0. The van der Waals surface area contributed by atoms with E-state index in [1.807, 2.05) is 30.3 Å². The number of para-hydroxylation sites is 1. The zero-order chi connectivity index (χ0) is 16.9. The summed E-state index contributed by atoms with van der Waals surface area (Å²) in [5.74, 6) is -0.349. The Morgan fingerprint density at radius 1 is 1.08 bits per heavy atom. The first-order valence-electron chi connectivity index (χ1n) is 7.15. The molecule has 2 aromatic carbocycles. The Morgan fingerprint density at radius 2 is 1.75 bits per heavy atom. The summed E-state index contributed by atoms with van der Waals surface area (Å²) in [7, 11) is -3.38. The highest BCUT2D eigenvalue weighted by Gasteiger charge is 2.15. The van der Waals surface area contributed by atoms with Gasteiger partial charge in [0.2, 0.25) is 0 Å². The predicted octanol–water partition coefficient (Wildman–Crippen LogP) is 2.77. The topological polar surface area (TPSA) is 86.5 Å². The number of carbonyl (C=O) groups excluding carboxylic acids is 1. The summed E-state index contributed by atoms with van der Waals surface area (Å²) in [6, 6.07) is 14.2. The lowest BCUT2D eigenvalue weighted by Gasteiger charge is -2.10. The van der Waals surface area contributed by atoms with Gasteiger partial charge >= 0.3 is 5.97 Å². The van der Waals surface area contributed by atoms with Crippen LogP contribution >= 0.6 is 12.4 Å². The minimum Gasteiger partial charge on any atom is -0.461 e. The van der Waals surface area contributed by atoms with E-state index < -0.39 is 9.84 Å². The van der Waals surface area contributed by atoms with Gasteiger partial charge in [0, 0.05) is 12.7 Å². The molecule has 0 aliphatic rings. The molecule has 0 unspecified atom stereocenters. The molecule has 0 aliphatic carbocycles. The lowest BCUT2D eigenvalue weighted by atomic mass is 10.1. The molecule has 2 aromatic rings. The molecule has 0 fully saturated rings. The average Bonchev–Trinajstić information content (AvgIpc) is 2.52. The van der Waals surface area contributed by atoms with Gasteiger partial charge in [-0.15, -0.1) is 12.4 Å². The number of esters is 1. The van der Waals surface area contributed by atoms with Crippen LogP contribution in [0, 0.1) is 0 Å². The van der Waals surface area contributed by atoms with Gasteiger partial charge in [0.1, 0.15) is 6.61 Å². The van der Waals surface area contributed by atoms with Crippen LogP contribution in [0.3, 0.4) is 0 Å². The molecule has 0 spiro atoms. The molecule has 0 atom stereocenters. The molecule has 0 heterocycles. The van der Waals surface area contributed by atoms with Gasteiger partial charge in [-0.1, -0.05) is 42.5 Å². The van der Waals surface area contributed by atoms with E-state index in [-0.39, 0.29) is 42.0 Å². The molecule has 0 amide bonds. The van der Waals surface area contributed by atoms with E-state index >= 15 is 0 Å². The summed E-state index contributed by atoms with van der Waals surface area (Å²) in [6.45, 7) is 0.221. The number of nitrogens with two attached hydrogens (primary N) is 1. The van der Waals surface area contributed by atoms with Crippen molar-refractivity contribution in [3.63, 3.8) is 0 Å². The van der Waals surface area contributed by atoms with Gasteiger partial charge in [-0.05, 0) is 23.6 Å². The van der Waals surface area contributed by atoms with E-state index in [0.717, 1.165) is 11.8 Å². The molecule has 5 nitrogen and oxygen atoms in total. The number of rotatable bonds is 6. The quantitative estimate of drug-likeness (QED) is 0.625. The summed E-state index contributed by atoms with van der Waals surface area (Å²) >= 11 is 0. The van der Waals surface area contributed by atoms with Gasteiger partial charge < -0.3 is 10.5 Å². The molecular formula is C17H20ClNO4S. The third-order valence-corrected chi connectivity index (χ3v) is 4.55. The first kappa shape index (κ1) is 20.0. The van der Waals surface area contributed by atoms with E-state index in [0.29, 0.717) is 12.0 Å². The zero-order valence-corrected chi connectivity index (χ0v) is 14.9. The number of ether oxygens (including phenoxy) is 1. The normalized spacial score (nSPS) is 10.7. The van der Waals surface area contributed by atoms with Crippen LogP contribution in [0.1, 0.15) is 17.5 Å². The first-order valence-corrected chi connectivity index (χ1v) is 9.04. The molecule has 7 heteroatoms. The Bertz CT molecular complexity index is 791. The van der Waals surface area contributed by atoms with Crippen LogP contribution in [0.2, 0.25) is 0 Å². The van der Waals surface area contributed by atoms with Gasteiger partial charge in [-0.3, -0.25) is 4.79 Å². The van der Waals surface area contributed by atoms with E-state index in [1.165, 1.54) is 6.07 Å². The van der Waals surface area contributed by atoms with E-state index in [9.17, 15) is 13.2 Å². The fourth-order valence-electron chi connectivity index (χ4n) is 2.18. The number of carbonyl (C=O) groups is 1. The Balaban J connectivity index is 0.00000288. The van der Waals surface area contributed by atoms with Crippen molar-refractivity contribution in [3.8, 4) is 0 Å². The minimum atomic E-state index is -3.38. The third-order valence-electron chi connectivity index (χ3n) is 3.40. The maximum Gasteiger partial charge on any atom is 0.306 e. The van der Waals surface area contributed by atoms with Crippen molar-refractivity contribution in [3.05, 3.63) is 59.7 Å². The number of sulfone groups is 1. The predicted molar refractivity (Wildman–Crippen MR) is 95.8 cm³/mol. The number of halogens is 1. The van der Waals surface area contributed by atoms with Crippen LogP contribution in [0.5, 0.6) is 0 Å². The molecule has 2 rings (SSSR count). The fourth-order valence-corrected chi connectivity index (χ4v) is 3.03. The minimum absolute atomic E-state index is 0. The number of benzene rings is 2. The molecule has 0 saturated carbocycles. The number of nitrogen functional groups attached to an aromatic ring is 1. The lowest BCUT2D eigenvalue weighted by molar-refractivity contribution is -0.144. The van der Waals surface area contributed by atoms with Crippen molar-refractivity contribution < 1.29 is 17.9 Å². The fraction of sp³-hybridized carbons (Fsp3) is 0.235. The molecule has 0 aliphatic heterocycles. The monoisotopic (exact) mass is 369 g/mol. The second-order valence-corrected chi connectivity index (χ2v) is 7.23. The number of anilines is 1. The van der Waals surface area contributed by atoms with E-state index in [1.54, 1.807) is 12.1 Å². The van der Waals surface area contributed by atoms with Crippen molar-refractivity contribution in [2.45, 2.75) is 24.3 Å². The lowest BCUT2D eigenvalue weighted by Crippen LogP contribution is -2.09. The summed E-state index contributed by atoms with van der Waals surface area (Å²) < 4.78 is 28.5. The van der Waals surface area contributed by atoms with Crippen molar-refractivity contribution in [1.82, 2.24) is 0 Å². The number of hydrogen-bond acceptors (Lipinski definition) is 5. The van der Waals surface area contributed by atoms with Crippen molar-refractivity contribution >= 4 is 33.9 Å². The number of aryl methyl sites for hydroxylation is 1. The van der Waals surface area contributed by atoms with Crippen LogP contribution in [0.15, 0.2) is 53.4 Å². The number of hydrogen-bond donors (Lipinski definition) is 1. The molecular weight excluding hydrogens is 350 g/mol. The molecule has 130 valence electrons. The molecule has 0 bridgehead atoms. The van der Waals surface area contributed by atoms with Gasteiger partial charge in [0.25, 0.3) is 0 Å². The second-order valence-electron chi connectivity index (χ2n) is 5.25. The smallest absolute Gasteiger partial charge is 0.306 e. The van der Waals surface area contributed by atoms with Gasteiger partial charge in [0.15, 0.2) is 9.84 Å². The van der Waals surface area contributed by atoms with Crippen LogP contribution in [-0.2, 0) is 32.4 Å². The highest BCUT2D eigenvalue weighted by Crippen LogP contribution is 2.23. The Morgan fingerprint density at radius 3 is 2.38 bits per heavy atom. The van der Waals surface area contributed by atoms with Crippen LogP contribution < -0.4 is 5.73 Å². The van der Waals surface area contributed by atoms with Crippen LogP contribution in [-0.4, -0.2) is 20.6 Å². The standard InChI is InChI=1S/C17H19NO4S.ClH/c1-23(20,21)15-9-5-8-14(17(15)18)10-11-16(19)22-12-13-6-3-2-4-7-13;/h2-9H,10-12,18H2,1H3;1H. The molecule has 0 radical (unpaired) electrons. The van der Waals surface area contributed by atoms with Crippen LogP contribution in [0.4, 0.5) is 5.69 Å². The molecule has 0 saturated heterocycles. The van der Waals surface area contributed by atoms with Gasteiger partial charge in [-0.25, -0.2) is 8.42 Å². The maximum atomic E-state index is 11.8. The first-order chi connectivity index (χ1) is 10.9. The largest absolute Gasteiger partial charge is 0.461 e. The SMILES string of the molecule is CS(=O)(=O)c1cccc(CCC(=O)OCc2ccccc2)c1N.Cl. The maximum absolute atomic E-state index is 11.8. The highest BCUT2D eigenvalue weighted by molar-refractivity contribution is 7.90. The Hall–Kier alpha value is -2.05. The highest BCUT2D eigenvalue weighted by atomic mass is 35.5. The second kappa shape index (κ2) is 8.70. The van der Waals surface area contributed by atoms with E-state index in [4.69, 9.17) is 10.5 Å². The Labute approximate surface area is 148 Å². The van der Waals surface area contributed by atoms with Crippen LogP contribution in [0.25, 0.3) is 0 Å². The van der Waals surface area contributed by atoms with Crippen molar-refractivity contribution in [2.75, 3.05) is 12.0 Å². The summed E-state index contributed by atoms with van der Waals surface area (Å²) in [4.78, 5) is 11.9. The van der Waals surface area contributed by atoms with Crippen molar-refractivity contribution in [1.29, 1.82) is 0 Å². The van der Waals surface area contributed by atoms with Gasteiger partial charge in [-0.2, -0.15) is 0 Å². The van der Waals surface area contributed by atoms with Gasteiger partial charge in [0.05, 0.1) is 10.6 Å². The summed E-state index contributed by atoms with van der Waals surface area (Å²) in [6.07, 6.45) is 1.59. The zero-order valence-electron chi connectivity index (χ0n) is 13.3. The Kier molecular flexibility index (Phi) is 7.25. The third kappa shape index (κ3) is 5.54. The molecule has 0 aromatic heterocycles. The van der Waals surface area contributed by atoms with Crippen molar-refractivity contribution in [2.24, 2.45) is 0 Å². The molecule has 24 heavy (non-hydrogen) atoms. The van der Waals surface area contributed by atoms with E-state index in [2.05, 4.69) is 0 Å². The average molecular weight is 370 g/mol. The summed E-state index contributed by atoms with van der Waals surface area (Å²) in [5.41, 5.74) is 7.63. The molecule has 2 N–H and O–H groups in total.